The van der Waals surface area contributed by atoms with Crippen molar-refractivity contribution in [2.24, 2.45) is 11.8 Å². The van der Waals surface area contributed by atoms with Crippen molar-refractivity contribution in [2.45, 2.75) is 149 Å². The lowest BCUT2D eigenvalue weighted by molar-refractivity contribution is 0.428. The maximum Gasteiger partial charge on any atom is 0.0114 e. The molecule has 2 unspecified atom stereocenters. The Labute approximate surface area is 186 Å². The van der Waals surface area contributed by atoms with Crippen molar-refractivity contribution in [3.8, 4) is 11.8 Å². The quantitative estimate of drug-likeness (QED) is 0.132. The molecule has 0 rings (SSSR count). The minimum absolute atomic E-state index is 0.770. The van der Waals surface area contributed by atoms with Gasteiger partial charge in [0.1, 0.15) is 0 Å². The highest BCUT2D eigenvalue weighted by Gasteiger charge is 2.03. The zero-order valence-electron chi connectivity index (χ0n) is 20.4. The van der Waals surface area contributed by atoms with Crippen LogP contribution in [0.2, 0.25) is 0 Å². The Morgan fingerprint density at radius 1 is 0.483 bits per heavy atom. The van der Waals surface area contributed by atoms with Crippen molar-refractivity contribution in [2.75, 3.05) is 0 Å². The Kier molecular flexibility index (Phi) is 23.5. The first-order chi connectivity index (χ1) is 14.2. The second-order valence-corrected chi connectivity index (χ2v) is 9.54. The predicted molar refractivity (Wildman–Crippen MR) is 134 cm³/mol. The maximum atomic E-state index is 3.92. The summed E-state index contributed by atoms with van der Waals surface area (Å²) in [5.74, 6) is 8.23. The molecule has 0 heteroatoms. The van der Waals surface area contributed by atoms with E-state index in [1.165, 1.54) is 109 Å². The van der Waals surface area contributed by atoms with E-state index in [4.69, 9.17) is 0 Å². The fraction of sp³-hybridized carbons (Fsp3) is 0.862. The Balaban J connectivity index is 3.27. The van der Waals surface area contributed by atoms with E-state index in [0.717, 1.165) is 37.5 Å². The van der Waals surface area contributed by atoms with Crippen LogP contribution in [0.3, 0.4) is 0 Å². The molecule has 0 aliphatic heterocycles. The van der Waals surface area contributed by atoms with E-state index in [0.29, 0.717) is 0 Å². The second-order valence-electron chi connectivity index (χ2n) is 9.54. The van der Waals surface area contributed by atoms with Crippen molar-refractivity contribution in [3.05, 3.63) is 13.8 Å². The molecule has 0 aliphatic carbocycles. The van der Waals surface area contributed by atoms with Gasteiger partial charge in [0.2, 0.25) is 0 Å². The minimum Gasteiger partial charge on any atom is -0.103 e. The van der Waals surface area contributed by atoms with Gasteiger partial charge in [0.15, 0.2) is 0 Å². The molecule has 0 heterocycles. The summed E-state index contributed by atoms with van der Waals surface area (Å²) < 4.78 is 0. The number of hydrogen-bond acceptors (Lipinski definition) is 0. The van der Waals surface area contributed by atoms with Crippen LogP contribution in [0.4, 0.5) is 0 Å². The van der Waals surface area contributed by atoms with Gasteiger partial charge in [-0.25, -0.2) is 0 Å². The molecule has 2 radical (unpaired) electrons. The molecule has 0 saturated carbocycles. The summed E-state index contributed by atoms with van der Waals surface area (Å²) in [6, 6.07) is 0. The normalized spacial score (nSPS) is 13.1. The molecule has 0 bridgehead atoms. The van der Waals surface area contributed by atoms with Gasteiger partial charge in [-0.15, -0.1) is 11.8 Å². The van der Waals surface area contributed by atoms with E-state index in [1.54, 1.807) is 0 Å². The minimum atomic E-state index is 0.770. The zero-order chi connectivity index (χ0) is 21.4. The summed E-state index contributed by atoms with van der Waals surface area (Å²) >= 11 is 0. The highest BCUT2D eigenvalue weighted by atomic mass is 14.1. The van der Waals surface area contributed by atoms with Crippen molar-refractivity contribution >= 4 is 0 Å². The summed E-state index contributed by atoms with van der Waals surface area (Å²) in [4.78, 5) is 0. The van der Waals surface area contributed by atoms with Gasteiger partial charge < -0.3 is 0 Å². The molecule has 0 aliphatic rings. The lowest BCUT2D eigenvalue weighted by Crippen LogP contribution is -1.95. The molecule has 0 N–H and O–H groups in total. The van der Waals surface area contributed by atoms with E-state index in [1.807, 2.05) is 0 Å². The fourth-order valence-corrected chi connectivity index (χ4v) is 4.09. The van der Waals surface area contributed by atoms with Crippen LogP contribution in [-0.4, -0.2) is 0 Å². The molecule has 0 aromatic heterocycles. The third-order valence-electron chi connectivity index (χ3n) is 6.22. The molecule has 0 aromatic carbocycles. The third-order valence-corrected chi connectivity index (χ3v) is 6.22. The summed E-state index contributed by atoms with van der Waals surface area (Å²) in [6.45, 7) is 12.6. The number of hydrogen-bond donors (Lipinski definition) is 0. The zero-order valence-corrected chi connectivity index (χ0v) is 20.4. The van der Waals surface area contributed by atoms with Crippen molar-refractivity contribution in [1.82, 2.24) is 0 Å². The molecule has 0 fully saturated rings. The lowest BCUT2D eigenvalue weighted by atomic mass is 9.95. The van der Waals surface area contributed by atoms with Crippen LogP contribution in [0.25, 0.3) is 0 Å². The van der Waals surface area contributed by atoms with E-state index in [2.05, 4.69) is 39.5 Å². The van der Waals surface area contributed by atoms with Crippen LogP contribution in [0.5, 0.6) is 0 Å². The van der Waals surface area contributed by atoms with Gasteiger partial charge in [0, 0.05) is 12.8 Å². The molecule has 0 spiro atoms. The Bertz CT molecular complexity index is 358. The van der Waals surface area contributed by atoms with Gasteiger partial charge in [0.25, 0.3) is 0 Å². The van der Waals surface area contributed by atoms with E-state index < -0.39 is 0 Å². The standard InChI is InChI=1S/C29H54/c1-5-7-9-11-12-13-14-17-21-26-29(4)27-23-19-16-15-18-22-25-28(3)24-20-10-8-6-2/h28-29H,1-2,5-9,11-19,21-27H2,3-4H3. The monoisotopic (exact) mass is 402 g/mol. The van der Waals surface area contributed by atoms with Gasteiger partial charge in [0.05, 0.1) is 0 Å². The predicted octanol–water partition coefficient (Wildman–Crippen LogP) is 10.1. The first-order valence-electron chi connectivity index (χ1n) is 13.2. The molecule has 0 saturated heterocycles. The summed E-state index contributed by atoms with van der Waals surface area (Å²) in [5, 5.41) is 0. The fourth-order valence-electron chi connectivity index (χ4n) is 4.09. The number of unbranched alkanes of at least 4 members (excludes halogenated alkanes) is 14. The Morgan fingerprint density at radius 2 is 0.897 bits per heavy atom. The number of rotatable bonds is 21. The molecular weight excluding hydrogens is 348 g/mol. The maximum absolute atomic E-state index is 3.92. The lowest BCUT2D eigenvalue weighted by Gasteiger charge is -2.11. The van der Waals surface area contributed by atoms with Crippen LogP contribution < -0.4 is 0 Å². The van der Waals surface area contributed by atoms with E-state index >= 15 is 0 Å². The molecule has 29 heavy (non-hydrogen) atoms. The summed E-state index contributed by atoms with van der Waals surface area (Å²) in [7, 11) is 0. The largest absolute Gasteiger partial charge is 0.103 e. The average Bonchev–Trinajstić information content (AvgIpc) is 2.72. The van der Waals surface area contributed by atoms with Crippen LogP contribution in [0.1, 0.15) is 149 Å². The van der Waals surface area contributed by atoms with Gasteiger partial charge >= 0.3 is 0 Å². The molecule has 170 valence electrons. The van der Waals surface area contributed by atoms with Crippen LogP contribution in [0, 0.1) is 37.5 Å². The first kappa shape index (κ1) is 28.6. The highest BCUT2D eigenvalue weighted by molar-refractivity contribution is 4.99. The SMILES string of the molecule is [CH2]CCC#CCC(C)CCCCCCCCC(C)CCCCCCCCCC[CH2]. The van der Waals surface area contributed by atoms with Gasteiger partial charge in [-0.1, -0.05) is 137 Å². The van der Waals surface area contributed by atoms with Gasteiger partial charge in [-0.2, -0.15) is 0 Å². The van der Waals surface area contributed by atoms with Crippen molar-refractivity contribution in [1.29, 1.82) is 0 Å². The van der Waals surface area contributed by atoms with Gasteiger partial charge in [-0.05, 0) is 24.7 Å². The van der Waals surface area contributed by atoms with E-state index in [-0.39, 0.29) is 0 Å². The molecular formula is C29H54. The molecule has 2 atom stereocenters. The Morgan fingerprint density at radius 3 is 1.34 bits per heavy atom. The third kappa shape index (κ3) is 23.7. The summed E-state index contributed by atoms with van der Waals surface area (Å²) in [6.07, 6.45) is 28.4. The van der Waals surface area contributed by atoms with Crippen LogP contribution in [0.15, 0.2) is 0 Å². The highest BCUT2D eigenvalue weighted by Crippen LogP contribution is 2.19. The molecule has 0 nitrogen and oxygen atoms in total. The topological polar surface area (TPSA) is 0 Å². The first-order valence-corrected chi connectivity index (χ1v) is 13.2. The van der Waals surface area contributed by atoms with Crippen LogP contribution in [-0.2, 0) is 0 Å². The average molecular weight is 403 g/mol. The van der Waals surface area contributed by atoms with E-state index in [9.17, 15) is 0 Å². The molecule has 0 aromatic rings. The second kappa shape index (κ2) is 23.8. The Hall–Kier alpha value is -0.440. The van der Waals surface area contributed by atoms with Crippen molar-refractivity contribution in [3.63, 3.8) is 0 Å². The molecule has 0 amide bonds. The smallest absolute Gasteiger partial charge is 0.0114 e. The van der Waals surface area contributed by atoms with Gasteiger partial charge in [-0.3, -0.25) is 0 Å². The summed E-state index contributed by atoms with van der Waals surface area (Å²) in [5.41, 5.74) is 0. The van der Waals surface area contributed by atoms with Crippen LogP contribution >= 0.6 is 0 Å². The van der Waals surface area contributed by atoms with Crippen molar-refractivity contribution < 1.29 is 0 Å².